The van der Waals surface area contributed by atoms with Crippen LogP contribution in [0.2, 0.25) is 0 Å². The molecule has 5 heteroatoms. The number of ether oxygens (including phenoxy) is 1. The molecule has 0 spiro atoms. The van der Waals surface area contributed by atoms with Crippen LogP contribution in [0.3, 0.4) is 0 Å². The first-order chi connectivity index (χ1) is 8.60. The van der Waals surface area contributed by atoms with Crippen molar-refractivity contribution in [2.24, 2.45) is 0 Å². The number of halogens is 1. The smallest absolute Gasteiger partial charge is 0.178 e. The van der Waals surface area contributed by atoms with Crippen LogP contribution in [0.5, 0.6) is 0 Å². The molecule has 1 aromatic carbocycles. The molecule has 0 bridgehead atoms. The average Bonchev–Trinajstić information content (AvgIpc) is 2.68. The van der Waals surface area contributed by atoms with E-state index in [0.29, 0.717) is 0 Å². The summed E-state index contributed by atoms with van der Waals surface area (Å²) in [6.07, 6.45) is 1.90. The molecule has 0 amide bonds. The maximum Gasteiger partial charge on any atom is 0.178 e. The lowest BCUT2D eigenvalue weighted by Crippen LogP contribution is -2.49. The maximum absolute atomic E-state index is 12.6. The van der Waals surface area contributed by atoms with E-state index in [1.807, 2.05) is 12.1 Å². The van der Waals surface area contributed by atoms with Gasteiger partial charge < -0.3 is 9.29 Å². The van der Waals surface area contributed by atoms with Gasteiger partial charge in [0.2, 0.25) is 0 Å². The van der Waals surface area contributed by atoms with Gasteiger partial charge in [-0.2, -0.15) is 0 Å². The van der Waals surface area contributed by atoms with E-state index in [2.05, 4.69) is 33.2 Å². The Balaban J connectivity index is 1.89. The second kappa shape index (κ2) is 4.80. The van der Waals surface area contributed by atoms with E-state index in [4.69, 9.17) is 4.74 Å². The fraction of sp³-hybridized carbons (Fsp3) is 0.538. The molecule has 1 unspecified atom stereocenters. The van der Waals surface area contributed by atoms with E-state index in [0.717, 1.165) is 42.0 Å². The first-order valence-corrected chi connectivity index (χ1v) is 8.06. The van der Waals surface area contributed by atoms with Crippen LogP contribution < -0.4 is 0 Å². The van der Waals surface area contributed by atoms with Gasteiger partial charge in [0.1, 0.15) is 0 Å². The predicted molar refractivity (Wildman–Crippen MR) is 74.6 cm³/mol. The molecule has 98 valence electrons. The summed E-state index contributed by atoms with van der Waals surface area (Å²) in [4.78, 5) is 0.964. The molecule has 0 saturated carbocycles. The summed E-state index contributed by atoms with van der Waals surface area (Å²) in [5.41, 5.74) is 1.17. The molecule has 1 fully saturated rings. The van der Waals surface area contributed by atoms with E-state index >= 15 is 0 Å². The van der Waals surface area contributed by atoms with E-state index in [9.17, 15) is 4.55 Å². The largest absolute Gasteiger partial charge is 0.593 e. The van der Waals surface area contributed by atoms with Crippen LogP contribution in [0, 0.1) is 0 Å². The van der Waals surface area contributed by atoms with Gasteiger partial charge in [0.15, 0.2) is 4.90 Å². The Morgan fingerprint density at radius 3 is 2.83 bits per heavy atom. The molecule has 1 atom stereocenters. The number of hydrogen-bond donors (Lipinski definition) is 0. The van der Waals surface area contributed by atoms with Crippen LogP contribution in [0.25, 0.3) is 0 Å². The Morgan fingerprint density at radius 1 is 1.39 bits per heavy atom. The zero-order valence-electron chi connectivity index (χ0n) is 10.3. The van der Waals surface area contributed by atoms with E-state index in [1.54, 1.807) is 0 Å². The van der Waals surface area contributed by atoms with E-state index < -0.39 is 11.4 Å². The van der Waals surface area contributed by atoms with Gasteiger partial charge in [-0.25, -0.2) is 0 Å². The van der Waals surface area contributed by atoms with Crippen molar-refractivity contribution in [1.82, 2.24) is 4.31 Å². The highest BCUT2D eigenvalue weighted by molar-refractivity contribution is 9.10. The molecule has 3 nitrogen and oxygen atoms in total. The van der Waals surface area contributed by atoms with Crippen molar-refractivity contribution in [2.75, 3.05) is 13.2 Å². The maximum atomic E-state index is 12.6. The molecule has 0 N–H and O–H groups in total. The van der Waals surface area contributed by atoms with Crippen molar-refractivity contribution in [2.45, 2.75) is 36.7 Å². The summed E-state index contributed by atoms with van der Waals surface area (Å²) in [5, 5.41) is 0. The first kappa shape index (κ1) is 12.9. The second-order valence-electron chi connectivity index (χ2n) is 5.15. The lowest BCUT2D eigenvalue weighted by atomic mass is 9.92. The number of nitrogens with zero attached hydrogens (tertiary/aromatic N) is 1. The molecule has 1 saturated heterocycles. The number of hydrogen-bond acceptors (Lipinski definition) is 3. The minimum atomic E-state index is -1.02. The number of benzene rings is 1. The molecule has 2 heterocycles. The van der Waals surface area contributed by atoms with Gasteiger partial charge in [-0.05, 0) is 38.0 Å². The molecule has 0 radical (unpaired) electrons. The quantitative estimate of drug-likeness (QED) is 0.743. The highest BCUT2D eigenvalue weighted by Gasteiger charge is 2.46. The molecule has 3 rings (SSSR count). The third-order valence-electron chi connectivity index (χ3n) is 3.90. The summed E-state index contributed by atoms with van der Waals surface area (Å²) in [6.45, 7) is 4.51. The molecule has 2 aliphatic heterocycles. The van der Waals surface area contributed by atoms with Gasteiger partial charge in [-0.15, -0.1) is 4.31 Å². The van der Waals surface area contributed by atoms with Crippen LogP contribution in [-0.4, -0.2) is 27.6 Å². The molecule has 1 aromatic rings. The van der Waals surface area contributed by atoms with Gasteiger partial charge >= 0.3 is 0 Å². The van der Waals surface area contributed by atoms with Crippen molar-refractivity contribution in [3.63, 3.8) is 0 Å². The summed E-state index contributed by atoms with van der Waals surface area (Å²) in [5.74, 6) is 0. The molecular weight excluding hydrogens is 314 g/mol. The van der Waals surface area contributed by atoms with Crippen molar-refractivity contribution in [3.8, 4) is 0 Å². The first-order valence-electron chi connectivity index (χ1n) is 6.16. The van der Waals surface area contributed by atoms with Crippen molar-refractivity contribution in [1.29, 1.82) is 0 Å². The minimum absolute atomic E-state index is 0.00535. The van der Waals surface area contributed by atoms with E-state index in [1.165, 1.54) is 5.56 Å². The molecule has 2 aliphatic rings. The third kappa shape index (κ3) is 2.12. The van der Waals surface area contributed by atoms with Crippen molar-refractivity contribution < 1.29 is 9.29 Å². The monoisotopic (exact) mass is 329 g/mol. The fourth-order valence-corrected chi connectivity index (χ4v) is 4.64. The normalized spacial score (nSPS) is 27.2. The minimum Gasteiger partial charge on any atom is -0.593 e. The Bertz CT molecular complexity index is 462. The van der Waals surface area contributed by atoms with Gasteiger partial charge in [0.05, 0.1) is 23.4 Å². The standard InChI is InChI=1S/C13H16BrNO2S/c1-13(4-6-17-7-5-13)15-9-10-8-11(14)2-3-12(10)18(15)16/h2-3,8H,4-7,9H2,1H3. The zero-order chi connectivity index (χ0) is 12.8. The third-order valence-corrected chi connectivity index (χ3v) is 6.13. The topological polar surface area (TPSA) is 35.5 Å². The van der Waals surface area contributed by atoms with Crippen molar-refractivity contribution in [3.05, 3.63) is 28.2 Å². The zero-order valence-corrected chi connectivity index (χ0v) is 12.7. The molecule has 0 aromatic heterocycles. The van der Waals surface area contributed by atoms with Crippen LogP contribution in [0.1, 0.15) is 25.3 Å². The highest BCUT2D eigenvalue weighted by Crippen LogP contribution is 2.40. The second-order valence-corrected chi connectivity index (χ2v) is 7.44. The summed E-state index contributed by atoms with van der Waals surface area (Å²) >= 11 is 2.45. The highest BCUT2D eigenvalue weighted by atomic mass is 79.9. The van der Waals surface area contributed by atoms with Gasteiger partial charge in [-0.3, -0.25) is 0 Å². The van der Waals surface area contributed by atoms with Crippen LogP contribution in [-0.2, 0) is 22.6 Å². The molecule has 18 heavy (non-hydrogen) atoms. The predicted octanol–water partition coefficient (Wildman–Crippen LogP) is 2.86. The Labute approximate surface area is 119 Å². The Morgan fingerprint density at radius 2 is 2.11 bits per heavy atom. The Kier molecular flexibility index (Phi) is 3.45. The SMILES string of the molecule is CC1(N2Cc3cc(Br)ccc3[S+]2[O-])CCOCC1. The lowest BCUT2D eigenvalue weighted by Gasteiger charge is -2.39. The number of rotatable bonds is 1. The molecule has 0 aliphatic carbocycles. The van der Waals surface area contributed by atoms with E-state index in [-0.39, 0.29) is 5.54 Å². The summed E-state index contributed by atoms with van der Waals surface area (Å²) < 4.78 is 21.2. The fourth-order valence-electron chi connectivity index (χ4n) is 2.63. The summed E-state index contributed by atoms with van der Waals surface area (Å²) in [6, 6.07) is 6.01. The summed E-state index contributed by atoms with van der Waals surface area (Å²) in [7, 11) is 0. The van der Waals surface area contributed by atoms with Gasteiger partial charge in [0, 0.05) is 23.2 Å². The van der Waals surface area contributed by atoms with Crippen LogP contribution in [0.15, 0.2) is 27.6 Å². The van der Waals surface area contributed by atoms with Crippen LogP contribution in [0.4, 0.5) is 0 Å². The Hall–Kier alpha value is -0.0700. The average molecular weight is 330 g/mol. The van der Waals surface area contributed by atoms with Crippen molar-refractivity contribution >= 4 is 27.3 Å². The van der Waals surface area contributed by atoms with Crippen LogP contribution >= 0.6 is 15.9 Å². The molecular formula is C13H16BrNO2S. The van der Waals surface area contributed by atoms with Gasteiger partial charge in [-0.1, -0.05) is 15.9 Å². The van der Waals surface area contributed by atoms with Gasteiger partial charge in [0.25, 0.3) is 0 Å². The number of fused-ring (bicyclic) bond motifs is 1. The lowest BCUT2D eigenvalue weighted by molar-refractivity contribution is 0.0138.